The van der Waals surface area contributed by atoms with Crippen molar-refractivity contribution >= 4 is 5.91 Å². The molecule has 0 bridgehead atoms. The Balaban J connectivity index is 0.000000177. The fraction of sp³-hybridized carbons (Fsp3) is 0.350. The summed E-state index contributed by atoms with van der Waals surface area (Å²) < 4.78 is 43.4. The zero-order valence-corrected chi connectivity index (χ0v) is 14.8. The van der Waals surface area contributed by atoms with Crippen molar-refractivity contribution in [3.05, 3.63) is 70.5 Å². The first-order valence-electron chi connectivity index (χ1n) is 8.76. The molecule has 2 aromatic rings. The Morgan fingerprint density at radius 1 is 1.11 bits per heavy atom. The summed E-state index contributed by atoms with van der Waals surface area (Å²) in [5, 5.41) is 2.75. The molecule has 144 valence electrons. The molecule has 2 aliphatic heterocycles. The molecule has 4 nitrogen and oxygen atoms in total. The molecule has 2 heterocycles. The molecule has 0 aliphatic carbocycles. The van der Waals surface area contributed by atoms with E-state index in [1.807, 2.05) is 24.3 Å². The average Bonchev–Trinajstić information content (AvgIpc) is 3.04. The average molecular weight is 378 g/mol. The SMILES string of the molecule is Fc1cc(CN2CCOCC2)cc(C(F)F)c1.O=C1NCc2ccccc21. The van der Waals surface area contributed by atoms with Gasteiger partial charge in [-0.1, -0.05) is 18.2 Å². The first-order valence-corrected chi connectivity index (χ1v) is 8.76. The third-order valence-electron chi connectivity index (χ3n) is 4.44. The highest BCUT2D eigenvalue weighted by Gasteiger charge is 2.16. The van der Waals surface area contributed by atoms with Crippen LogP contribution in [0.25, 0.3) is 0 Å². The molecule has 0 spiro atoms. The molecular formula is C20H21F3N2O2. The van der Waals surface area contributed by atoms with E-state index < -0.39 is 12.2 Å². The van der Waals surface area contributed by atoms with Crippen LogP contribution in [0.15, 0.2) is 42.5 Å². The summed E-state index contributed by atoms with van der Waals surface area (Å²) in [6.07, 6.45) is -2.63. The van der Waals surface area contributed by atoms with Gasteiger partial charge in [0.15, 0.2) is 0 Å². The predicted octanol–water partition coefficient (Wildman–Crippen LogP) is 3.53. The van der Waals surface area contributed by atoms with Crippen molar-refractivity contribution < 1.29 is 22.7 Å². The van der Waals surface area contributed by atoms with Gasteiger partial charge in [-0.3, -0.25) is 9.69 Å². The molecule has 7 heteroatoms. The zero-order valence-electron chi connectivity index (χ0n) is 14.8. The van der Waals surface area contributed by atoms with Gasteiger partial charge in [0.05, 0.1) is 13.2 Å². The van der Waals surface area contributed by atoms with Crippen molar-refractivity contribution in [1.29, 1.82) is 0 Å². The fourth-order valence-electron chi connectivity index (χ4n) is 3.08. The molecule has 0 aromatic heterocycles. The summed E-state index contributed by atoms with van der Waals surface area (Å²) in [6, 6.07) is 11.2. The van der Waals surface area contributed by atoms with Crippen molar-refractivity contribution in [1.82, 2.24) is 10.2 Å². The lowest BCUT2D eigenvalue weighted by molar-refractivity contribution is 0.0341. The number of morpholine rings is 1. The predicted molar refractivity (Wildman–Crippen MR) is 95.1 cm³/mol. The Bertz CT molecular complexity index is 793. The van der Waals surface area contributed by atoms with E-state index >= 15 is 0 Å². The minimum Gasteiger partial charge on any atom is -0.379 e. The maximum Gasteiger partial charge on any atom is 0.263 e. The van der Waals surface area contributed by atoms with E-state index in [0.717, 1.165) is 30.3 Å². The van der Waals surface area contributed by atoms with Gasteiger partial charge in [-0.15, -0.1) is 0 Å². The molecule has 1 N–H and O–H groups in total. The lowest BCUT2D eigenvalue weighted by atomic mass is 10.1. The number of amides is 1. The Kier molecular flexibility index (Phi) is 6.47. The van der Waals surface area contributed by atoms with Crippen LogP contribution in [0.1, 0.15) is 33.5 Å². The van der Waals surface area contributed by atoms with Crippen LogP contribution in [0.5, 0.6) is 0 Å². The second kappa shape index (κ2) is 9.01. The molecular weight excluding hydrogens is 357 g/mol. The summed E-state index contributed by atoms with van der Waals surface area (Å²) in [4.78, 5) is 13.0. The largest absolute Gasteiger partial charge is 0.379 e. The van der Waals surface area contributed by atoms with E-state index in [4.69, 9.17) is 4.74 Å². The molecule has 4 rings (SSSR count). The lowest BCUT2D eigenvalue weighted by Crippen LogP contribution is -2.35. The summed E-state index contributed by atoms with van der Waals surface area (Å²) in [6.45, 7) is 3.95. The number of carbonyl (C=O) groups is 1. The second-order valence-corrected chi connectivity index (χ2v) is 6.42. The lowest BCUT2D eigenvalue weighted by Gasteiger charge is -2.26. The highest BCUT2D eigenvalue weighted by atomic mass is 19.3. The van der Waals surface area contributed by atoms with Gasteiger partial charge in [0, 0.05) is 37.3 Å². The van der Waals surface area contributed by atoms with Crippen molar-refractivity contribution in [3.8, 4) is 0 Å². The van der Waals surface area contributed by atoms with Crippen LogP contribution < -0.4 is 5.32 Å². The van der Waals surface area contributed by atoms with Crippen LogP contribution in [0.3, 0.4) is 0 Å². The monoisotopic (exact) mass is 378 g/mol. The molecule has 1 amide bonds. The molecule has 0 radical (unpaired) electrons. The smallest absolute Gasteiger partial charge is 0.263 e. The summed E-state index contributed by atoms with van der Waals surface area (Å²) >= 11 is 0. The van der Waals surface area contributed by atoms with Crippen molar-refractivity contribution in [2.45, 2.75) is 19.5 Å². The quantitative estimate of drug-likeness (QED) is 0.889. The van der Waals surface area contributed by atoms with E-state index in [9.17, 15) is 18.0 Å². The molecule has 2 aromatic carbocycles. The zero-order chi connectivity index (χ0) is 19.2. The standard InChI is InChI=1S/C12H14F3NO.C8H7NO/c13-11-6-9(5-10(7-11)12(14)15)8-16-1-3-17-4-2-16;10-8-7-4-2-1-3-6(7)5-9-8/h5-7,12H,1-4,8H2;1-4H,5H2,(H,9,10). The minimum absolute atomic E-state index is 0.0515. The third-order valence-corrected chi connectivity index (χ3v) is 4.44. The molecule has 1 saturated heterocycles. The van der Waals surface area contributed by atoms with Crippen molar-refractivity contribution in [3.63, 3.8) is 0 Å². The number of hydrogen-bond donors (Lipinski definition) is 1. The highest BCUT2D eigenvalue weighted by Crippen LogP contribution is 2.22. The van der Waals surface area contributed by atoms with E-state index in [1.54, 1.807) is 0 Å². The number of nitrogens with zero attached hydrogens (tertiary/aromatic N) is 1. The molecule has 0 unspecified atom stereocenters. The van der Waals surface area contributed by atoms with Gasteiger partial charge >= 0.3 is 0 Å². The van der Waals surface area contributed by atoms with E-state index in [1.165, 1.54) is 12.1 Å². The second-order valence-electron chi connectivity index (χ2n) is 6.42. The maximum absolute atomic E-state index is 13.2. The van der Waals surface area contributed by atoms with Crippen molar-refractivity contribution in [2.75, 3.05) is 26.3 Å². The molecule has 0 atom stereocenters. The van der Waals surface area contributed by atoms with Gasteiger partial charge in [0.1, 0.15) is 5.82 Å². The number of ether oxygens (including phenoxy) is 1. The number of alkyl halides is 2. The van der Waals surface area contributed by atoms with Gasteiger partial charge in [-0.05, 0) is 35.4 Å². The van der Waals surface area contributed by atoms with E-state index in [-0.39, 0.29) is 11.5 Å². The minimum atomic E-state index is -2.63. The number of benzene rings is 2. The van der Waals surface area contributed by atoms with E-state index in [2.05, 4.69) is 10.2 Å². The molecule has 27 heavy (non-hydrogen) atoms. The highest BCUT2D eigenvalue weighted by molar-refractivity contribution is 5.98. The fourth-order valence-corrected chi connectivity index (χ4v) is 3.08. The van der Waals surface area contributed by atoms with Gasteiger partial charge in [0.25, 0.3) is 12.3 Å². The summed E-state index contributed by atoms with van der Waals surface area (Å²) in [5.74, 6) is -0.554. The first-order chi connectivity index (χ1) is 13.0. The normalized spacial score (nSPS) is 16.5. The molecule has 1 fully saturated rings. The number of nitrogens with one attached hydrogen (secondary N) is 1. The van der Waals surface area contributed by atoms with Crippen LogP contribution in [0.2, 0.25) is 0 Å². The van der Waals surface area contributed by atoms with Gasteiger partial charge in [-0.25, -0.2) is 13.2 Å². The Labute approximate surface area is 155 Å². The number of carbonyl (C=O) groups excluding carboxylic acids is 1. The third kappa shape index (κ3) is 5.30. The number of fused-ring (bicyclic) bond motifs is 1. The molecule has 2 aliphatic rings. The van der Waals surface area contributed by atoms with Gasteiger partial charge in [0.2, 0.25) is 0 Å². The van der Waals surface area contributed by atoms with E-state index in [0.29, 0.717) is 31.9 Å². The Morgan fingerprint density at radius 3 is 2.56 bits per heavy atom. The van der Waals surface area contributed by atoms with Gasteiger partial charge in [-0.2, -0.15) is 0 Å². The van der Waals surface area contributed by atoms with Crippen LogP contribution in [-0.2, 0) is 17.8 Å². The summed E-state index contributed by atoms with van der Waals surface area (Å²) in [5.41, 5.74) is 2.26. The van der Waals surface area contributed by atoms with Crippen LogP contribution in [-0.4, -0.2) is 37.1 Å². The van der Waals surface area contributed by atoms with Crippen molar-refractivity contribution in [2.24, 2.45) is 0 Å². The Hall–Kier alpha value is -2.38. The van der Waals surface area contributed by atoms with Crippen LogP contribution in [0, 0.1) is 5.82 Å². The summed E-state index contributed by atoms with van der Waals surface area (Å²) in [7, 11) is 0. The molecule has 0 saturated carbocycles. The first kappa shape index (κ1) is 19.4. The topological polar surface area (TPSA) is 41.6 Å². The van der Waals surface area contributed by atoms with Crippen LogP contribution >= 0.6 is 0 Å². The Morgan fingerprint density at radius 2 is 1.85 bits per heavy atom. The van der Waals surface area contributed by atoms with Crippen LogP contribution in [0.4, 0.5) is 13.2 Å². The maximum atomic E-state index is 13.2. The number of hydrogen-bond acceptors (Lipinski definition) is 3. The number of rotatable bonds is 3. The van der Waals surface area contributed by atoms with Gasteiger partial charge < -0.3 is 10.1 Å². The number of halogens is 3.